The van der Waals surface area contributed by atoms with Crippen LogP contribution in [0.4, 0.5) is 0 Å². The maximum absolute atomic E-state index is 12.3. The largest absolute Gasteiger partial charge is 0.460 e. The topological polar surface area (TPSA) is 82.5 Å². The quantitative estimate of drug-likeness (QED) is 0.428. The van der Waals surface area contributed by atoms with E-state index in [0.717, 1.165) is 11.3 Å². The molecule has 7 heteroatoms. The molecule has 0 radical (unpaired) electrons. The molecular formula is C25H21N3O4. The van der Waals surface area contributed by atoms with Gasteiger partial charge in [-0.25, -0.2) is 4.68 Å². The maximum Gasteiger partial charge on any atom is 0.325 e. The fourth-order valence-electron chi connectivity index (χ4n) is 2.93. The number of esters is 1. The number of carbonyl (C=O) groups is 2. The van der Waals surface area contributed by atoms with Crippen molar-refractivity contribution in [3.8, 4) is 17.2 Å². The van der Waals surface area contributed by atoms with Crippen LogP contribution in [-0.4, -0.2) is 28.2 Å². The summed E-state index contributed by atoms with van der Waals surface area (Å²) in [6, 6.07) is 25.4. The van der Waals surface area contributed by atoms with Crippen molar-refractivity contribution in [1.29, 1.82) is 0 Å². The molecule has 1 aromatic heterocycles. The highest BCUT2D eigenvalue weighted by Crippen LogP contribution is 2.21. The minimum absolute atomic E-state index is 0.125. The third-order valence-corrected chi connectivity index (χ3v) is 4.59. The molecule has 0 aliphatic carbocycles. The summed E-state index contributed by atoms with van der Waals surface area (Å²) in [7, 11) is 0. The van der Waals surface area contributed by atoms with Crippen molar-refractivity contribution in [3.63, 3.8) is 0 Å². The molecule has 0 unspecified atom stereocenters. The fraction of sp³-hybridized carbons (Fsp3) is 0.0800. The number of nitrogens with zero attached hydrogens (tertiary/aromatic N) is 2. The standard InChI is InChI=1S/C25H21N3O4/c29-24(31-18-19-7-11-21(12-8-19)28-16-4-15-27-28)17-26-25(30)20-9-13-23(14-10-20)32-22-5-2-1-3-6-22/h1-16H,17-18H2,(H,26,30). The summed E-state index contributed by atoms with van der Waals surface area (Å²) >= 11 is 0. The average molecular weight is 427 g/mol. The van der Waals surface area contributed by atoms with Gasteiger partial charge in [0.15, 0.2) is 0 Å². The van der Waals surface area contributed by atoms with Crippen molar-refractivity contribution < 1.29 is 19.1 Å². The molecule has 7 nitrogen and oxygen atoms in total. The molecule has 4 rings (SSSR count). The van der Waals surface area contributed by atoms with Crippen LogP contribution in [0.25, 0.3) is 5.69 Å². The highest BCUT2D eigenvalue weighted by Gasteiger charge is 2.10. The molecule has 1 N–H and O–H groups in total. The predicted octanol–water partition coefficient (Wildman–Crippen LogP) is 4.14. The second-order valence-corrected chi connectivity index (χ2v) is 6.90. The number of amides is 1. The van der Waals surface area contributed by atoms with E-state index in [1.807, 2.05) is 66.9 Å². The number of aromatic nitrogens is 2. The molecule has 0 saturated carbocycles. The number of benzene rings is 3. The Morgan fingerprint density at radius 3 is 2.25 bits per heavy atom. The van der Waals surface area contributed by atoms with Crippen LogP contribution in [0.5, 0.6) is 11.5 Å². The van der Waals surface area contributed by atoms with Gasteiger partial charge in [-0.1, -0.05) is 30.3 Å². The predicted molar refractivity (Wildman–Crippen MR) is 119 cm³/mol. The van der Waals surface area contributed by atoms with Gasteiger partial charge in [-0.2, -0.15) is 5.10 Å². The molecule has 4 aromatic rings. The lowest BCUT2D eigenvalue weighted by Gasteiger charge is -2.09. The van der Waals surface area contributed by atoms with E-state index in [1.54, 1.807) is 35.1 Å². The molecular weight excluding hydrogens is 406 g/mol. The van der Waals surface area contributed by atoms with Crippen LogP contribution in [-0.2, 0) is 16.1 Å². The summed E-state index contributed by atoms with van der Waals surface area (Å²) in [5.74, 6) is 0.449. The van der Waals surface area contributed by atoms with Crippen molar-refractivity contribution in [3.05, 3.63) is 108 Å². The Morgan fingerprint density at radius 2 is 1.56 bits per heavy atom. The van der Waals surface area contributed by atoms with Gasteiger partial charge in [0.05, 0.1) is 5.69 Å². The first-order chi connectivity index (χ1) is 15.7. The van der Waals surface area contributed by atoms with E-state index in [-0.39, 0.29) is 19.1 Å². The molecule has 3 aromatic carbocycles. The monoisotopic (exact) mass is 427 g/mol. The van der Waals surface area contributed by atoms with Gasteiger partial charge < -0.3 is 14.8 Å². The number of rotatable bonds is 8. The molecule has 1 amide bonds. The molecule has 1 heterocycles. The summed E-state index contributed by atoms with van der Waals surface area (Å²) < 4.78 is 12.7. The number of para-hydroxylation sites is 1. The Kier molecular flexibility index (Phi) is 6.57. The van der Waals surface area contributed by atoms with E-state index in [2.05, 4.69) is 10.4 Å². The first-order valence-electron chi connectivity index (χ1n) is 10.0. The number of carbonyl (C=O) groups excluding carboxylic acids is 2. The van der Waals surface area contributed by atoms with Crippen molar-refractivity contribution in [1.82, 2.24) is 15.1 Å². The van der Waals surface area contributed by atoms with E-state index in [9.17, 15) is 9.59 Å². The minimum Gasteiger partial charge on any atom is -0.460 e. The van der Waals surface area contributed by atoms with Crippen molar-refractivity contribution >= 4 is 11.9 Å². The summed E-state index contributed by atoms with van der Waals surface area (Å²) in [4.78, 5) is 24.3. The van der Waals surface area contributed by atoms with E-state index in [0.29, 0.717) is 17.1 Å². The molecule has 0 bridgehead atoms. The van der Waals surface area contributed by atoms with Crippen molar-refractivity contribution in [2.45, 2.75) is 6.61 Å². The number of hydrogen-bond donors (Lipinski definition) is 1. The first-order valence-corrected chi connectivity index (χ1v) is 10.0. The lowest BCUT2D eigenvalue weighted by atomic mass is 10.2. The Labute approximate surface area is 185 Å². The highest BCUT2D eigenvalue weighted by atomic mass is 16.5. The van der Waals surface area contributed by atoms with Gasteiger partial charge in [-0.05, 0) is 60.2 Å². The summed E-state index contributed by atoms with van der Waals surface area (Å²) in [5.41, 5.74) is 2.18. The fourth-order valence-corrected chi connectivity index (χ4v) is 2.93. The van der Waals surface area contributed by atoms with Crippen molar-refractivity contribution in [2.75, 3.05) is 6.54 Å². The van der Waals surface area contributed by atoms with E-state index >= 15 is 0 Å². The van der Waals surface area contributed by atoms with Crippen LogP contribution >= 0.6 is 0 Å². The van der Waals surface area contributed by atoms with Gasteiger partial charge >= 0.3 is 5.97 Å². The van der Waals surface area contributed by atoms with Gasteiger partial charge in [-0.15, -0.1) is 0 Å². The van der Waals surface area contributed by atoms with Gasteiger partial charge in [0.1, 0.15) is 24.7 Å². The zero-order valence-corrected chi connectivity index (χ0v) is 17.2. The Balaban J connectivity index is 1.22. The number of ether oxygens (including phenoxy) is 2. The molecule has 0 spiro atoms. The maximum atomic E-state index is 12.3. The average Bonchev–Trinajstić information content (AvgIpc) is 3.38. The Bertz CT molecular complexity index is 1160. The zero-order valence-electron chi connectivity index (χ0n) is 17.2. The molecule has 0 fully saturated rings. The Hall–Kier alpha value is -4.39. The van der Waals surface area contributed by atoms with Crippen LogP contribution in [0.3, 0.4) is 0 Å². The van der Waals surface area contributed by atoms with Gasteiger partial charge in [-0.3, -0.25) is 9.59 Å². The smallest absolute Gasteiger partial charge is 0.325 e. The van der Waals surface area contributed by atoms with E-state index in [1.165, 1.54) is 0 Å². The van der Waals surface area contributed by atoms with E-state index < -0.39 is 5.97 Å². The van der Waals surface area contributed by atoms with Crippen LogP contribution in [0.15, 0.2) is 97.3 Å². The third-order valence-electron chi connectivity index (χ3n) is 4.59. The van der Waals surface area contributed by atoms with Gasteiger partial charge in [0, 0.05) is 18.0 Å². The second-order valence-electron chi connectivity index (χ2n) is 6.90. The minimum atomic E-state index is -0.515. The van der Waals surface area contributed by atoms with Crippen molar-refractivity contribution in [2.24, 2.45) is 0 Å². The molecule has 160 valence electrons. The van der Waals surface area contributed by atoms with Gasteiger partial charge in [0.25, 0.3) is 5.91 Å². The number of nitrogens with one attached hydrogen (secondary N) is 1. The molecule has 0 aliphatic heterocycles. The van der Waals surface area contributed by atoms with Crippen LogP contribution in [0.1, 0.15) is 15.9 Å². The molecule has 0 saturated heterocycles. The van der Waals surface area contributed by atoms with Crippen LogP contribution in [0, 0.1) is 0 Å². The second kappa shape index (κ2) is 10.1. The normalized spacial score (nSPS) is 10.4. The number of hydrogen-bond acceptors (Lipinski definition) is 5. The van der Waals surface area contributed by atoms with Gasteiger partial charge in [0.2, 0.25) is 0 Å². The SMILES string of the molecule is O=C(CNC(=O)c1ccc(Oc2ccccc2)cc1)OCc1ccc(-n2cccn2)cc1. The summed E-state index contributed by atoms with van der Waals surface area (Å²) in [6.07, 6.45) is 3.55. The first kappa shape index (κ1) is 20.9. The van der Waals surface area contributed by atoms with E-state index in [4.69, 9.17) is 9.47 Å². The zero-order chi connectivity index (χ0) is 22.2. The highest BCUT2D eigenvalue weighted by molar-refractivity contribution is 5.96. The lowest BCUT2D eigenvalue weighted by molar-refractivity contribution is -0.143. The third kappa shape index (κ3) is 5.60. The van der Waals surface area contributed by atoms with Crippen LogP contribution < -0.4 is 10.1 Å². The summed E-state index contributed by atoms with van der Waals surface area (Å²) in [6.45, 7) is -0.0912. The lowest BCUT2D eigenvalue weighted by Crippen LogP contribution is -2.30. The summed E-state index contributed by atoms with van der Waals surface area (Å²) in [5, 5.41) is 6.73. The Morgan fingerprint density at radius 1 is 0.844 bits per heavy atom. The molecule has 32 heavy (non-hydrogen) atoms. The molecule has 0 atom stereocenters. The van der Waals surface area contributed by atoms with Crippen LogP contribution in [0.2, 0.25) is 0 Å². The molecule has 0 aliphatic rings.